The second-order valence-electron chi connectivity index (χ2n) is 7.63. The van der Waals surface area contributed by atoms with Gasteiger partial charge < -0.3 is 23.5 Å². The van der Waals surface area contributed by atoms with E-state index in [1.165, 1.54) is 0 Å². The zero-order valence-electron chi connectivity index (χ0n) is 17.8. The van der Waals surface area contributed by atoms with Gasteiger partial charge in [-0.25, -0.2) is 4.79 Å². The van der Waals surface area contributed by atoms with Gasteiger partial charge in [-0.2, -0.15) is 0 Å². The molecule has 2 aromatic carbocycles. The summed E-state index contributed by atoms with van der Waals surface area (Å²) in [6.07, 6.45) is 0.268. The first kappa shape index (κ1) is 20.8. The molecule has 3 aromatic rings. The molecular weight excluding hydrogens is 398 g/mol. The second kappa shape index (κ2) is 8.71. The van der Waals surface area contributed by atoms with E-state index in [1.54, 1.807) is 25.1 Å². The Balaban J connectivity index is 1.40. The number of para-hydroxylation sites is 2. The summed E-state index contributed by atoms with van der Waals surface area (Å²) in [6, 6.07) is 12.9. The topological polar surface area (TPSA) is 78.2 Å². The standard InChI is InChI=1S/C24H25NO6/c1-15-18-9-8-16(28-3)12-22(18)31-24(27)19(15)10-11-23(26)25(2)13-17-14-29-20-6-4-5-7-21(20)30-17/h4-9,12,17H,10-11,13-14H2,1-3H3. The van der Waals surface area contributed by atoms with Crippen LogP contribution in [0, 0.1) is 6.92 Å². The minimum absolute atomic E-state index is 0.0731. The molecule has 4 rings (SSSR count). The maximum atomic E-state index is 12.7. The Morgan fingerprint density at radius 1 is 1.19 bits per heavy atom. The molecule has 1 aliphatic rings. The van der Waals surface area contributed by atoms with E-state index in [-0.39, 0.29) is 18.4 Å². The van der Waals surface area contributed by atoms with Gasteiger partial charge in [0.15, 0.2) is 17.6 Å². The maximum absolute atomic E-state index is 12.7. The molecule has 0 spiro atoms. The van der Waals surface area contributed by atoms with Crippen molar-refractivity contribution in [1.29, 1.82) is 0 Å². The lowest BCUT2D eigenvalue weighted by atomic mass is 10.0. The lowest BCUT2D eigenvalue weighted by Crippen LogP contribution is -2.41. The van der Waals surface area contributed by atoms with Crippen LogP contribution in [0.4, 0.5) is 0 Å². The predicted octanol–water partition coefficient (Wildman–Crippen LogP) is 3.34. The molecule has 0 N–H and O–H groups in total. The Kier molecular flexibility index (Phi) is 5.84. The minimum atomic E-state index is -0.422. The van der Waals surface area contributed by atoms with Gasteiger partial charge in [-0.15, -0.1) is 0 Å². The molecular formula is C24H25NO6. The number of fused-ring (bicyclic) bond motifs is 2. The Labute approximate surface area is 180 Å². The predicted molar refractivity (Wildman–Crippen MR) is 116 cm³/mol. The van der Waals surface area contributed by atoms with Gasteiger partial charge in [-0.3, -0.25) is 4.79 Å². The lowest BCUT2D eigenvalue weighted by molar-refractivity contribution is -0.131. The van der Waals surface area contributed by atoms with E-state index in [4.69, 9.17) is 18.6 Å². The van der Waals surface area contributed by atoms with Crippen LogP contribution in [0.5, 0.6) is 17.2 Å². The van der Waals surface area contributed by atoms with Gasteiger partial charge in [0, 0.05) is 30.5 Å². The summed E-state index contributed by atoms with van der Waals surface area (Å²) in [4.78, 5) is 26.8. The van der Waals surface area contributed by atoms with Crippen molar-refractivity contribution in [2.45, 2.75) is 25.9 Å². The molecule has 7 heteroatoms. The Morgan fingerprint density at radius 3 is 2.74 bits per heavy atom. The number of amides is 1. The van der Waals surface area contributed by atoms with Crippen molar-refractivity contribution in [2.75, 3.05) is 27.3 Å². The minimum Gasteiger partial charge on any atom is -0.497 e. The summed E-state index contributed by atoms with van der Waals surface area (Å²) in [5.74, 6) is 1.94. The van der Waals surface area contributed by atoms with Crippen molar-refractivity contribution in [3.8, 4) is 17.2 Å². The van der Waals surface area contributed by atoms with Gasteiger partial charge in [0.25, 0.3) is 0 Å². The summed E-state index contributed by atoms with van der Waals surface area (Å²) < 4.78 is 22.3. The van der Waals surface area contributed by atoms with Crippen molar-refractivity contribution < 1.29 is 23.4 Å². The van der Waals surface area contributed by atoms with Crippen LogP contribution in [0.1, 0.15) is 17.5 Å². The molecule has 1 unspecified atom stereocenters. The normalized spacial score (nSPS) is 15.0. The number of rotatable bonds is 6. The molecule has 1 aromatic heterocycles. The zero-order chi connectivity index (χ0) is 22.0. The van der Waals surface area contributed by atoms with Gasteiger partial charge in [0.2, 0.25) is 5.91 Å². The Hall–Kier alpha value is -3.48. The quantitative estimate of drug-likeness (QED) is 0.566. The number of benzene rings is 2. The van der Waals surface area contributed by atoms with Crippen molar-refractivity contribution in [1.82, 2.24) is 4.90 Å². The van der Waals surface area contributed by atoms with Crippen LogP contribution in [0.3, 0.4) is 0 Å². The van der Waals surface area contributed by atoms with Crippen molar-refractivity contribution in [2.24, 2.45) is 0 Å². The van der Waals surface area contributed by atoms with Crippen molar-refractivity contribution >= 4 is 16.9 Å². The summed E-state index contributed by atoms with van der Waals surface area (Å²) in [6.45, 7) is 2.66. The zero-order valence-corrected chi connectivity index (χ0v) is 17.8. The van der Waals surface area contributed by atoms with Gasteiger partial charge in [-0.05, 0) is 43.2 Å². The van der Waals surface area contributed by atoms with Gasteiger partial charge in [0.05, 0.1) is 13.7 Å². The summed E-state index contributed by atoms with van der Waals surface area (Å²) in [7, 11) is 3.29. The van der Waals surface area contributed by atoms with E-state index in [1.807, 2.05) is 43.3 Å². The van der Waals surface area contributed by atoms with Crippen LogP contribution in [0.15, 0.2) is 51.7 Å². The fourth-order valence-corrected chi connectivity index (χ4v) is 3.77. The molecule has 1 aliphatic heterocycles. The van der Waals surface area contributed by atoms with E-state index in [9.17, 15) is 9.59 Å². The summed E-state index contributed by atoms with van der Waals surface area (Å²) in [5.41, 5.74) is 1.40. The molecule has 0 saturated carbocycles. The first-order chi connectivity index (χ1) is 15.0. The number of carbonyl (C=O) groups is 1. The second-order valence-corrected chi connectivity index (χ2v) is 7.63. The van der Waals surface area contributed by atoms with Crippen LogP contribution in [0.25, 0.3) is 11.0 Å². The van der Waals surface area contributed by atoms with E-state index < -0.39 is 5.63 Å². The average Bonchev–Trinajstić information content (AvgIpc) is 2.78. The third kappa shape index (κ3) is 4.35. The fourth-order valence-electron chi connectivity index (χ4n) is 3.77. The molecule has 7 nitrogen and oxygen atoms in total. The molecule has 2 heterocycles. The van der Waals surface area contributed by atoms with Crippen molar-refractivity contribution in [3.63, 3.8) is 0 Å². The monoisotopic (exact) mass is 423 g/mol. The first-order valence-corrected chi connectivity index (χ1v) is 10.2. The van der Waals surface area contributed by atoms with E-state index >= 15 is 0 Å². The number of ether oxygens (including phenoxy) is 3. The highest BCUT2D eigenvalue weighted by molar-refractivity contribution is 5.82. The Morgan fingerprint density at radius 2 is 1.97 bits per heavy atom. The summed E-state index contributed by atoms with van der Waals surface area (Å²) in [5, 5.41) is 0.836. The molecule has 0 aliphatic carbocycles. The molecule has 0 bridgehead atoms. The van der Waals surface area contributed by atoms with Crippen LogP contribution < -0.4 is 19.8 Å². The largest absolute Gasteiger partial charge is 0.497 e. The van der Waals surface area contributed by atoms with Gasteiger partial charge in [0.1, 0.15) is 17.9 Å². The van der Waals surface area contributed by atoms with Crippen molar-refractivity contribution in [3.05, 3.63) is 64.0 Å². The molecule has 0 fully saturated rings. The number of aryl methyl sites for hydroxylation is 1. The summed E-state index contributed by atoms with van der Waals surface area (Å²) >= 11 is 0. The molecule has 31 heavy (non-hydrogen) atoms. The molecule has 1 amide bonds. The number of nitrogens with zero attached hydrogens (tertiary/aromatic N) is 1. The van der Waals surface area contributed by atoms with E-state index in [0.29, 0.717) is 48.0 Å². The number of carbonyl (C=O) groups excluding carboxylic acids is 1. The first-order valence-electron chi connectivity index (χ1n) is 10.2. The van der Waals surface area contributed by atoms with Gasteiger partial charge >= 0.3 is 5.63 Å². The van der Waals surface area contributed by atoms with Crippen LogP contribution in [-0.4, -0.2) is 44.2 Å². The number of hydrogen-bond acceptors (Lipinski definition) is 6. The highest BCUT2D eigenvalue weighted by Gasteiger charge is 2.24. The third-order valence-electron chi connectivity index (χ3n) is 5.55. The lowest BCUT2D eigenvalue weighted by Gasteiger charge is -2.29. The van der Waals surface area contributed by atoms with E-state index in [2.05, 4.69) is 0 Å². The average molecular weight is 423 g/mol. The van der Waals surface area contributed by atoms with Crippen LogP contribution in [-0.2, 0) is 11.2 Å². The maximum Gasteiger partial charge on any atom is 0.339 e. The SMILES string of the molecule is COc1ccc2c(C)c(CCC(=O)N(C)CC3COc4ccccc4O3)c(=O)oc2c1. The molecule has 1 atom stereocenters. The molecule has 162 valence electrons. The highest BCUT2D eigenvalue weighted by Crippen LogP contribution is 2.31. The third-order valence-corrected chi connectivity index (χ3v) is 5.55. The smallest absolute Gasteiger partial charge is 0.339 e. The number of methoxy groups -OCH3 is 1. The van der Waals surface area contributed by atoms with Crippen LogP contribution >= 0.6 is 0 Å². The van der Waals surface area contributed by atoms with Gasteiger partial charge in [-0.1, -0.05) is 12.1 Å². The fraction of sp³-hybridized carbons (Fsp3) is 0.333. The number of hydrogen-bond donors (Lipinski definition) is 0. The number of likely N-dealkylation sites (N-methyl/N-ethyl adjacent to an activating group) is 1. The Bertz CT molecular complexity index is 1170. The van der Waals surface area contributed by atoms with E-state index in [0.717, 1.165) is 10.9 Å². The molecule has 0 radical (unpaired) electrons. The highest BCUT2D eigenvalue weighted by atomic mass is 16.6. The van der Waals surface area contributed by atoms with Crippen LogP contribution in [0.2, 0.25) is 0 Å². The molecule has 0 saturated heterocycles.